The zero-order valence-electron chi connectivity index (χ0n) is 9.45. The highest BCUT2D eigenvalue weighted by Gasteiger charge is 2.12. The molecule has 6 heteroatoms. The van der Waals surface area contributed by atoms with Gasteiger partial charge in [0.05, 0.1) is 16.3 Å². The van der Waals surface area contributed by atoms with Crippen molar-refractivity contribution < 1.29 is 4.79 Å². The lowest BCUT2D eigenvalue weighted by molar-refractivity contribution is 0.102. The van der Waals surface area contributed by atoms with Crippen LogP contribution in [0.5, 0.6) is 0 Å². The molecule has 92 valence electrons. The summed E-state index contributed by atoms with van der Waals surface area (Å²) in [6.07, 6.45) is 4.53. The normalized spacial score (nSPS) is 10.2. The zero-order valence-corrected chi connectivity index (χ0v) is 11.0. The second kappa shape index (κ2) is 5.33. The van der Waals surface area contributed by atoms with Crippen molar-refractivity contribution >= 4 is 34.8 Å². The quantitative estimate of drug-likeness (QED) is 0.859. The summed E-state index contributed by atoms with van der Waals surface area (Å²) in [5.41, 5.74) is 1.69. The fourth-order valence-corrected chi connectivity index (χ4v) is 1.74. The molecule has 0 atom stereocenters. The van der Waals surface area contributed by atoms with Crippen molar-refractivity contribution in [3.63, 3.8) is 0 Å². The van der Waals surface area contributed by atoms with Gasteiger partial charge in [0.15, 0.2) is 5.15 Å². The Bertz CT molecular complexity index is 602. The molecule has 1 amide bonds. The van der Waals surface area contributed by atoms with E-state index in [9.17, 15) is 4.79 Å². The van der Waals surface area contributed by atoms with E-state index >= 15 is 0 Å². The van der Waals surface area contributed by atoms with Crippen LogP contribution in [0, 0.1) is 6.92 Å². The molecule has 4 nitrogen and oxygen atoms in total. The highest BCUT2D eigenvalue weighted by atomic mass is 35.5. The molecule has 2 aromatic heterocycles. The number of aryl methyl sites for hydroxylation is 1. The Hall–Kier alpha value is -1.65. The molecule has 0 saturated heterocycles. The molecule has 0 fully saturated rings. The summed E-state index contributed by atoms with van der Waals surface area (Å²) in [4.78, 5) is 19.8. The van der Waals surface area contributed by atoms with E-state index in [4.69, 9.17) is 23.2 Å². The Morgan fingerprint density at radius 1 is 1.33 bits per heavy atom. The van der Waals surface area contributed by atoms with Crippen LogP contribution in [0.25, 0.3) is 0 Å². The summed E-state index contributed by atoms with van der Waals surface area (Å²) in [5, 5.41) is 3.18. The average Bonchev–Trinajstić information content (AvgIpc) is 2.34. The Morgan fingerprint density at radius 2 is 2.11 bits per heavy atom. The van der Waals surface area contributed by atoms with Crippen LogP contribution in [-0.4, -0.2) is 15.9 Å². The number of aromatic nitrogens is 2. The number of rotatable bonds is 2. The van der Waals surface area contributed by atoms with Gasteiger partial charge in [-0.05, 0) is 24.6 Å². The third-order valence-corrected chi connectivity index (χ3v) is 2.84. The number of nitrogens with zero attached hydrogens (tertiary/aromatic N) is 2. The molecule has 0 radical (unpaired) electrons. The molecular formula is C12H9Cl2N3O. The molecule has 0 bridgehead atoms. The number of pyridine rings is 2. The van der Waals surface area contributed by atoms with Gasteiger partial charge in [0.2, 0.25) is 0 Å². The second-order valence-corrected chi connectivity index (χ2v) is 4.43. The lowest BCUT2D eigenvalue weighted by Crippen LogP contribution is -2.13. The fourth-order valence-electron chi connectivity index (χ4n) is 1.39. The minimum absolute atomic E-state index is 0.235. The van der Waals surface area contributed by atoms with E-state index in [-0.39, 0.29) is 16.1 Å². The predicted octanol–water partition coefficient (Wildman–Crippen LogP) is 3.34. The van der Waals surface area contributed by atoms with Crippen LogP contribution in [0.3, 0.4) is 0 Å². The maximum atomic E-state index is 12.0. The molecule has 18 heavy (non-hydrogen) atoms. The Labute approximate surface area is 114 Å². The predicted molar refractivity (Wildman–Crippen MR) is 71.2 cm³/mol. The van der Waals surface area contributed by atoms with E-state index < -0.39 is 0 Å². The number of carbonyl (C=O) groups is 1. The van der Waals surface area contributed by atoms with Gasteiger partial charge in [-0.25, -0.2) is 4.98 Å². The van der Waals surface area contributed by atoms with Crippen LogP contribution < -0.4 is 5.32 Å². The smallest absolute Gasteiger partial charge is 0.257 e. The number of amides is 1. The van der Waals surface area contributed by atoms with Crippen molar-refractivity contribution in [3.8, 4) is 0 Å². The van der Waals surface area contributed by atoms with Gasteiger partial charge >= 0.3 is 0 Å². The fraction of sp³-hybridized carbons (Fsp3) is 0.0833. The van der Waals surface area contributed by atoms with Gasteiger partial charge in [0.25, 0.3) is 5.91 Å². The van der Waals surface area contributed by atoms with Crippen molar-refractivity contribution in [2.75, 3.05) is 5.32 Å². The van der Waals surface area contributed by atoms with Crippen LogP contribution >= 0.6 is 23.2 Å². The van der Waals surface area contributed by atoms with E-state index in [1.807, 2.05) is 6.92 Å². The molecule has 0 aliphatic heterocycles. The van der Waals surface area contributed by atoms with Crippen molar-refractivity contribution in [1.82, 2.24) is 9.97 Å². The minimum Gasteiger partial charge on any atom is -0.319 e. The summed E-state index contributed by atoms with van der Waals surface area (Å²) < 4.78 is 0. The maximum absolute atomic E-state index is 12.0. The van der Waals surface area contributed by atoms with E-state index in [1.54, 1.807) is 12.3 Å². The first-order chi connectivity index (χ1) is 8.58. The monoisotopic (exact) mass is 281 g/mol. The molecule has 2 rings (SSSR count). The van der Waals surface area contributed by atoms with Gasteiger partial charge in [-0.3, -0.25) is 9.78 Å². The third-order valence-electron chi connectivity index (χ3n) is 2.24. The van der Waals surface area contributed by atoms with Gasteiger partial charge in [0.1, 0.15) is 0 Å². The number of hydrogen-bond donors (Lipinski definition) is 1. The summed E-state index contributed by atoms with van der Waals surface area (Å²) in [7, 11) is 0. The van der Waals surface area contributed by atoms with Crippen LogP contribution in [0.15, 0.2) is 30.7 Å². The molecule has 0 aromatic carbocycles. The Kier molecular flexibility index (Phi) is 3.79. The standard InChI is InChI=1S/C12H9Cl2N3O/c1-7-4-10(11(14)16-5-7)17-12(18)8-2-3-15-6-9(8)13/h2-6H,1H3,(H,17,18). The minimum atomic E-state index is -0.350. The van der Waals surface area contributed by atoms with Crippen LogP contribution in [0.1, 0.15) is 15.9 Å². The summed E-state index contributed by atoms with van der Waals surface area (Å²) >= 11 is 11.8. The largest absolute Gasteiger partial charge is 0.319 e. The number of nitrogens with one attached hydrogen (secondary N) is 1. The van der Waals surface area contributed by atoms with E-state index in [2.05, 4.69) is 15.3 Å². The highest BCUT2D eigenvalue weighted by Crippen LogP contribution is 2.22. The van der Waals surface area contributed by atoms with Crippen molar-refractivity contribution in [2.45, 2.75) is 6.92 Å². The summed E-state index contributed by atoms with van der Waals surface area (Å²) in [6, 6.07) is 3.27. The van der Waals surface area contributed by atoms with Gasteiger partial charge in [-0.1, -0.05) is 23.2 Å². The van der Waals surface area contributed by atoms with Gasteiger partial charge in [0, 0.05) is 18.6 Å². The van der Waals surface area contributed by atoms with Crippen molar-refractivity contribution in [3.05, 3.63) is 52.0 Å². The Morgan fingerprint density at radius 3 is 2.83 bits per heavy atom. The van der Waals surface area contributed by atoms with E-state index in [0.717, 1.165) is 5.56 Å². The summed E-state index contributed by atoms with van der Waals surface area (Å²) in [6.45, 7) is 1.86. The van der Waals surface area contributed by atoms with Crippen LogP contribution in [0.2, 0.25) is 10.2 Å². The Balaban J connectivity index is 2.27. The number of anilines is 1. The van der Waals surface area contributed by atoms with Gasteiger partial charge < -0.3 is 5.32 Å². The number of hydrogen-bond acceptors (Lipinski definition) is 3. The first-order valence-electron chi connectivity index (χ1n) is 5.11. The van der Waals surface area contributed by atoms with E-state index in [1.165, 1.54) is 18.5 Å². The van der Waals surface area contributed by atoms with E-state index in [0.29, 0.717) is 11.3 Å². The second-order valence-electron chi connectivity index (χ2n) is 3.66. The van der Waals surface area contributed by atoms with Gasteiger partial charge in [-0.2, -0.15) is 0 Å². The number of halogens is 2. The van der Waals surface area contributed by atoms with Crippen LogP contribution in [0.4, 0.5) is 5.69 Å². The molecular weight excluding hydrogens is 273 g/mol. The first-order valence-corrected chi connectivity index (χ1v) is 5.86. The van der Waals surface area contributed by atoms with Crippen LogP contribution in [-0.2, 0) is 0 Å². The molecule has 0 spiro atoms. The lowest BCUT2D eigenvalue weighted by Gasteiger charge is -2.08. The van der Waals surface area contributed by atoms with Crippen molar-refractivity contribution in [2.24, 2.45) is 0 Å². The molecule has 2 heterocycles. The summed E-state index contributed by atoms with van der Waals surface area (Å²) in [5.74, 6) is -0.350. The third kappa shape index (κ3) is 2.78. The van der Waals surface area contributed by atoms with Crippen molar-refractivity contribution in [1.29, 1.82) is 0 Å². The molecule has 0 saturated carbocycles. The molecule has 0 aliphatic carbocycles. The highest BCUT2D eigenvalue weighted by molar-refractivity contribution is 6.35. The number of carbonyl (C=O) groups excluding carboxylic acids is 1. The molecule has 0 aliphatic rings. The maximum Gasteiger partial charge on any atom is 0.257 e. The SMILES string of the molecule is Cc1cnc(Cl)c(NC(=O)c2ccncc2Cl)c1. The molecule has 1 N–H and O–H groups in total. The molecule has 0 unspecified atom stereocenters. The zero-order chi connectivity index (χ0) is 13.1. The average molecular weight is 282 g/mol. The van der Waals surface area contributed by atoms with Gasteiger partial charge in [-0.15, -0.1) is 0 Å². The topological polar surface area (TPSA) is 54.9 Å². The first kappa shape index (κ1) is 12.8. The molecule has 2 aromatic rings. The lowest BCUT2D eigenvalue weighted by atomic mass is 10.2.